The molecule has 0 unspecified atom stereocenters. The highest BCUT2D eigenvalue weighted by atomic mass is 15.0. The van der Waals surface area contributed by atoms with E-state index in [1.54, 1.807) is 0 Å². The summed E-state index contributed by atoms with van der Waals surface area (Å²) in [5.41, 5.74) is 7.80. The second kappa shape index (κ2) is 5.04. The van der Waals surface area contributed by atoms with Crippen molar-refractivity contribution in [2.75, 3.05) is 17.6 Å². The lowest BCUT2D eigenvalue weighted by Crippen LogP contribution is -2.04. The zero-order valence-corrected chi connectivity index (χ0v) is 10.5. The van der Waals surface area contributed by atoms with Crippen LogP contribution >= 0.6 is 0 Å². The number of nitrogens with one attached hydrogen (secondary N) is 1. The molecule has 2 rings (SSSR count). The lowest BCUT2D eigenvalue weighted by Gasteiger charge is -2.11. The maximum atomic E-state index is 5.99. The Balaban J connectivity index is 2.43. The van der Waals surface area contributed by atoms with Crippen molar-refractivity contribution in [1.82, 2.24) is 4.98 Å². The van der Waals surface area contributed by atoms with E-state index in [0.29, 0.717) is 0 Å². The van der Waals surface area contributed by atoms with E-state index in [0.717, 1.165) is 40.9 Å². The molecule has 0 saturated carbocycles. The standard InChI is InChI=1S/C14H19N3/c1-3-4-8-16-14-11-6-5-7-13(15)12(11)9-10(2)17-14/h5-7,9H,3-4,8,15H2,1-2H3,(H,16,17). The van der Waals surface area contributed by atoms with Gasteiger partial charge in [0.1, 0.15) is 5.82 Å². The Bertz CT molecular complexity index is 520. The molecule has 3 heteroatoms. The molecule has 0 fully saturated rings. The predicted molar refractivity (Wildman–Crippen MR) is 74.3 cm³/mol. The molecule has 0 amide bonds. The van der Waals surface area contributed by atoms with Crippen molar-refractivity contribution in [1.29, 1.82) is 0 Å². The summed E-state index contributed by atoms with van der Waals surface area (Å²) in [7, 11) is 0. The fourth-order valence-electron chi connectivity index (χ4n) is 1.95. The number of unbranched alkanes of at least 4 members (excludes halogenated alkanes) is 1. The van der Waals surface area contributed by atoms with E-state index >= 15 is 0 Å². The van der Waals surface area contributed by atoms with Crippen LogP contribution in [0.4, 0.5) is 11.5 Å². The fourth-order valence-corrected chi connectivity index (χ4v) is 1.95. The molecule has 1 aromatic carbocycles. The summed E-state index contributed by atoms with van der Waals surface area (Å²) >= 11 is 0. The minimum absolute atomic E-state index is 0.812. The first-order chi connectivity index (χ1) is 8.22. The third-order valence-corrected chi connectivity index (χ3v) is 2.86. The highest BCUT2D eigenvalue weighted by Crippen LogP contribution is 2.26. The second-order valence-electron chi connectivity index (χ2n) is 4.33. The third-order valence-electron chi connectivity index (χ3n) is 2.86. The first kappa shape index (κ1) is 11.7. The maximum absolute atomic E-state index is 5.99. The molecule has 0 atom stereocenters. The van der Waals surface area contributed by atoms with E-state index < -0.39 is 0 Å². The maximum Gasteiger partial charge on any atom is 0.134 e. The SMILES string of the molecule is CCCCNc1nc(C)cc2c(N)cccc12. The van der Waals surface area contributed by atoms with Crippen molar-refractivity contribution in [3.05, 3.63) is 30.0 Å². The van der Waals surface area contributed by atoms with Crippen molar-refractivity contribution in [2.45, 2.75) is 26.7 Å². The van der Waals surface area contributed by atoms with Gasteiger partial charge in [0.2, 0.25) is 0 Å². The summed E-state index contributed by atoms with van der Waals surface area (Å²) in [6.07, 6.45) is 2.33. The van der Waals surface area contributed by atoms with E-state index in [1.165, 1.54) is 6.42 Å². The van der Waals surface area contributed by atoms with Crippen LogP contribution in [0.3, 0.4) is 0 Å². The molecule has 1 heterocycles. The molecule has 0 radical (unpaired) electrons. The zero-order valence-electron chi connectivity index (χ0n) is 10.5. The molecule has 0 spiro atoms. The minimum atomic E-state index is 0.812. The lowest BCUT2D eigenvalue weighted by atomic mass is 10.1. The molecular weight excluding hydrogens is 210 g/mol. The van der Waals surface area contributed by atoms with Crippen molar-refractivity contribution < 1.29 is 0 Å². The highest BCUT2D eigenvalue weighted by Gasteiger charge is 2.05. The summed E-state index contributed by atoms with van der Waals surface area (Å²) in [5.74, 6) is 0.945. The van der Waals surface area contributed by atoms with Crippen LogP contribution in [0.5, 0.6) is 0 Å². The Morgan fingerprint density at radius 3 is 2.88 bits per heavy atom. The molecule has 17 heavy (non-hydrogen) atoms. The van der Waals surface area contributed by atoms with E-state index in [-0.39, 0.29) is 0 Å². The van der Waals surface area contributed by atoms with Gasteiger partial charge in [-0.1, -0.05) is 25.5 Å². The average molecular weight is 229 g/mol. The summed E-state index contributed by atoms with van der Waals surface area (Å²) in [5, 5.41) is 5.58. The number of nitrogens with two attached hydrogens (primary N) is 1. The van der Waals surface area contributed by atoms with Gasteiger partial charge in [-0.25, -0.2) is 4.98 Å². The van der Waals surface area contributed by atoms with Crippen LogP contribution in [0, 0.1) is 6.92 Å². The molecule has 1 aromatic heterocycles. The topological polar surface area (TPSA) is 50.9 Å². The fraction of sp³-hybridized carbons (Fsp3) is 0.357. The molecule has 0 aliphatic rings. The summed E-state index contributed by atoms with van der Waals surface area (Å²) in [4.78, 5) is 4.55. The van der Waals surface area contributed by atoms with Crippen LogP contribution < -0.4 is 11.1 Å². The Kier molecular flexibility index (Phi) is 3.47. The van der Waals surface area contributed by atoms with Crippen molar-refractivity contribution in [3.63, 3.8) is 0 Å². The number of nitrogen functional groups attached to an aromatic ring is 1. The van der Waals surface area contributed by atoms with Crippen molar-refractivity contribution in [3.8, 4) is 0 Å². The van der Waals surface area contributed by atoms with Crippen LogP contribution in [0.2, 0.25) is 0 Å². The Morgan fingerprint density at radius 2 is 2.12 bits per heavy atom. The van der Waals surface area contributed by atoms with Crippen LogP contribution in [0.15, 0.2) is 24.3 Å². The molecular formula is C14H19N3. The largest absolute Gasteiger partial charge is 0.398 e. The number of pyridine rings is 1. The van der Waals surface area contributed by atoms with Gasteiger partial charge in [-0.3, -0.25) is 0 Å². The van der Waals surface area contributed by atoms with Gasteiger partial charge < -0.3 is 11.1 Å². The molecule has 0 saturated heterocycles. The number of hydrogen-bond acceptors (Lipinski definition) is 3. The normalized spacial score (nSPS) is 10.7. The van der Waals surface area contributed by atoms with Gasteiger partial charge in [-0.15, -0.1) is 0 Å². The molecule has 3 nitrogen and oxygen atoms in total. The monoisotopic (exact) mass is 229 g/mol. The van der Waals surface area contributed by atoms with Gasteiger partial charge in [0.15, 0.2) is 0 Å². The highest BCUT2D eigenvalue weighted by molar-refractivity contribution is 5.99. The Morgan fingerprint density at radius 1 is 1.29 bits per heavy atom. The Labute approximate surface area is 102 Å². The van der Waals surface area contributed by atoms with Gasteiger partial charge in [-0.05, 0) is 25.5 Å². The molecule has 0 aliphatic carbocycles. The van der Waals surface area contributed by atoms with Gasteiger partial charge in [0.25, 0.3) is 0 Å². The van der Waals surface area contributed by atoms with Gasteiger partial charge in [0, 0.05) is 28.7 Å². The Hall–Kier alpha value is -1.77. The first-order valence-electron chi connectivity index (χ1n) is 6.12. The van der Waals surface area contributed by atoms with Crippen LogP contribution in [-0.4, -0.2) is 11.5 Å². The number of anilines is 2. The van der Waals surface area contributed by atoms with E-state index in [1.807, 2.05) is 25.1 Å². The van der Waals surface area contributed by atoms with Gasteiger partial charge in [-0.2, -0.15) is 0 Å². The third kappa shape index (κ3) is 2.49. The molecule has 0 bridgehead atoms. The van der Waals surface area contributed by atoms with E-state index in [9.17, 15) is 0 Å². The van der Waals surface area contributed by atoms with Crippen LogP contribution in [-0.2, 0) is 0 Å². The summed E-state index contributed by atoms with van der Waals surface area (Å²) in [6.45, 7) is 5.13. The minimum Gasteiger partial charge on any atom is -0.398 e. The second-order valence-corrected chi connectivity index (χ2v) is 4.33. The van der Waals surface area contributed by atoms with Gasteiger partial charge >= 0.3 is 0 Å². The number of hydrogen-bond donors (Lipinski definition) is 2. The number of rotatable bonds is 4. The molecule has 3 N–H and O–H groups in total. The zero-order chi connectivity index (χ0) is 12.3. The van der Waals surface area contributed by atoms with Crippen molar-refractivity contribution in [2.24, 2.45) is 0 Å². The van der Waals surface area contributed by atoms with E-state index in [4.69, 9.17) is 5.73 Å². The number of aryl methyl sites for hydroxylation is 1. The number of benzene rings is 1. The molecule has 2 aromatic rings. The number of nitrogens with zero attached hydrogens (tertiary/aromatic N) is 1. The summed E-state index contributed by atoms with van der Waals surface area (Å²) in [6, 6.07) is 8.00. The molecule has 0 aliphatic heterocycles. The lowest BCUT2D eigenvalue weighted by molar-refractivity contribution is 0.831. The van der Waals surface area contributed by atoms with E-state index in [2.05, 4.69) is 23.3 Å². The van der Waals surface area contributed by atoms with Crippen molar-refractivity contribution >= 4 is 22.3 Å². The summed E-state index contributed by atoms with van der Waals surface area (Å²) < 4.78 is 0. The van der Waals surface area contributed by atoms with Crippen LogP contribution in [0.25, 0.3) is 10.8 Å². The van der Waals surface area contributed by atoms with Gasteiger partial charge in [0.05, 0.1) is 0 Å². The number of fused-ring (bicyclic) bond motifs is 1. The number of aromatic nitrogens is 1. The predicted octanol–water partition coefficient (Wildman–Crippen LogP) is 3.34. The quantitative estimate of drug-likeness (QED) is 0.624. The average Bonchev–Trinajstić information content (AvgIpc) is 2.31. The smallest absolute Gasteiger partial charge is 0.134 e. The first-order valence-corrected chi connectivity index (χ1v) is 6.12. The van der Waals surface area contributed by atoms with Crippen LogP contribution in [0.1, 0.15) is 25.5 Å². The molecule has 90 valence electrons.